The van der Waals surface area contributed by atoms with E-state index in [1.165, 1.54) is 0 Å². The monoisotopic (exact) mass is 281 g/mol. The zero-order valence-corrected chi connectivity index (χ0v) is 11.2. The molecule has 0 unspecified atom stereocenters. The number of hydrogen-bond donors (Lipinski definition) is 3. The Balaban J connectivity index is 2.05. The van der Waals surface area contributed by atoms with Crippen molar-refractivity contribution < 1.29 is 9.59 Å². The standard InChI is InChI=1S/C13H16ClN3O2/c14-10-4-3-9(16-13(19)8-1-2-8)7-11(10)17-12(18)5-6-15/h3-4,7-8H,1-2,5-6,15H2,(H,16,19)(H,17,18). The summed E-state index contributed by atoms with van der Waals surface area (Å²) < 4.78 is 0. The molecule has 0 aliphatic heterocycles. The van der Waals surface area contributed by atoms with Crippen LogP contribution in [-0.2, 0) is 9.59 Å². The molecule has 2 amide bonds. The number of nitrogens with one attached hydrogen (secondary N) is 2. The van der Waals surface area contributed by atoms with Crippen LogP contribution in [0.5, 0.6) is 0 Å². The fourth-order valence-electron chi connectivity index (χ4n) is 1.63. The number of hydrogen-bond acceptors (Lipinski definition) is 3. The SMILES string of the molecule is NCCC(=O)Nc1cc(NC(=O)C2CC2)ccc1Cl. The van der Waals surface area contributed by atoms with E-state index >= 15 is 0 Å². The molecule has 1 saturated carbocycles. The van der Waals surface area contributed by atoms with Crippen LogP contribution in [0.1, 0.15) is 19.3 Å². The summed E-state index contributed by atoms with van der Waals surface area (Å²) in [5.74, 6) is -0.0532. The average molecular weight is 282 g/mol. The first-order valence-electron chi connectivity index (χ1n) is 6.20. The molecule has 102 valence electrons. The van der Waals surface area contributed by atoms with Gasteiger partial charge < -0.3 is 16.4 Å². The van der Waals surface area contributed by atoms with Gasteiger partial charge in [0.1, 0.15) is 0 Å². The Bertz CT molecular complexity index is 501. The van der Waals surface area contributed by atoms with E-state index in [-0.39, 0.29) is 30.7 Å². The van der Waals surface area contributed by atoms with Crippen molar-refractivity contribution in [2.24, 2.45) is 11.7 Å². The Morgan fingerprint density at radius 2 is 2.05 bits per heavy atom. The third kappa shape index (κ3) is 3.94. The van der Waals surface area contributed by atoms with Crippen molar-refractivity contribution in [3.63, 3.8) is 0 Å². The quantitative estimate of drug-likeness (QED) is 0.771. The maximum atomic E-state index is 11.6. The number of benzene rings is 1. The predicted molar refractivity (Wildman–Crippen MR) is 75.1 cm³/mol. The maximum Gasteiger partial charge on any atom is 0.227 e. The third-order valence-corrected chi connectivity index (χ3v) is 3.16. The summed E-state index contributed by atoms with van der Waals surface area (Å²) in [6, 6.07) is 5.00. The molecule has 0 spiro atoms. The normalized spacial score (nSPS) is 14.0. The van der Waals surface area contributed by atoms with Crippen molar-refractivity contribution in [1.82, 2.24) is 0 Å². The summed E-state index contributed by atoms with van der Waals surface area (Å²) in [7, 11) is 0. The van der Waals surface area contributed by atoms with Gasteiger partial charge in [-0.15, -0.1) is 0 Å². The molecule has 4 N–H and O–H groups in total. The first kappa shape index (κ1) is 13.8. The van der Waals surface area contributed by atoms with Crippen LogP contribution in [0.4, 0.5) is 11.4 Å². The molecule has 0 heterocycles. The van der Waals surface area contributed by atoms with Crippen LogP contribution >= 0.6 is 11.6 Å². The molecule has 1 fully saturated rings. The minimum Gasteiger partial charge on any atom is -0.330 e. The van der Waals surface area contributed by atoms with Gasteiger partial charge >= 0.3 is 0 Å². The molecule has 0 saturated heterocycles. The van der Waals surface area contributed by atoms with Crippen molar-refractivity contribution in [3.05, 3.63) is 23.2 Å². The molecular weight excluding hydrogens is 266 g/mol. The average Bonchev–Trinajstić information content (AvgIpc) is 3.17. The second-order valence-electron chi connectivity index (χ2n) is 4.55. The highest BCUT2D eigenvalue weighted by Gasteiger charge is 2.29. The Morgan fingerprint density at radius 1 is 1.32 bits per heavy atom. The van der Waals surface area contributed by atoms with E-state index < -0.39 is 0 Å². The molecule has 1 aromatic carbocycles. The Kier molecular flexibility index (Phi) is 4.39. The maximum absolute atomic E-state index is 11.6. The van der Waals surface area contributed by atoms with Gasteiger partial charge in [-0.25, -0.2) is 0 Å². The highest BCUT2D eigenvalue weighted by atomic mass is 35.5. The van der Waals surface area contributed by atoms with Crippen molar-refractivity contribution in [1.29, 1.82) is 0 Å². The summed E-state index contributed by atoms with van der Waals surface area (Å²) in [5, 5.41) is 5.90. The number of rotatable bonds is 5. The van der Waals surface area contributed by atoms with Crippen LogP contribution in [0.3, 0.4) is 0 Å². The van der Waals surface area contributed by atoms with E-state index in [1.807, 2.05) is 0 Å². The van der Waals surface area contributed by atoms with Crippen LogP contribution in [-0.4, -0.2) is 18.4 Å². The minimum absolute atomic E-state index is 0.0153. The lowest BCUT2D eigenvalue weighted by Crippen LogP contribution is -2.17. The molecule has 1 aliphatic carbocycles. The number of carbonyl (C=O) groups excluding carboxylic acids is 2. The fraction of sp³-hybridized carbons (Fsp3) is 0.385. The first-order valence-corrected chi connectivity index (χ1v) is 6.58. The molecule has 5 nitrogen and oxygen atoms in total. The van der Waals surface area contributed by atoms with Gasteiger partial charge in [-0.05, 0) is 31.0 Å². The highest BCUT2D eigenvalue weighted by Crippen LogP contribution is 2.31. The van der Waals surface area contributed by atoms with Gasteiger partial charge in [0.05, 0.1) is 10.7 Å². The van der Waals surface area contributed by atoms with Crippen molar-refractivity contribution in [2.45, 2.75) is 19.3 Å². The van der Waals surface area contributed by atoms with Gasteiger partial charge in [0.25, 0.3) is 0 Å². The summed E-state index contributed by atoms with van der Waals surface area (Å²) in [6.07, 6.45) is 2.12. The molecule has 0 radical (unpaired) electrons. The lowest BCUT2D eigenvalue weighted by Gasteiger charge is -2.10. The minimum atomic E-state index is -0.199. The van der Waals surface area contributed by atoms with E-state index in [9.17, 15) is 9.59 Å². The van der Waals surface area contributed by atoms with Crippen LogP contribution in [0, 0.1) is 5.92 Å². The largest absolute Gasteiger partial charge is 0.330 e. The molecule has 0 bridgehead atoms. The Labute approximate surface area is 116 Å². The van der Waals surface area contributed by atoms with Gasteiger partial charge in [0.2, 0.25) is 11.8 Å². The van der Waals surface area contributed by atoms with Crippen LogP contribution in [0.15, 0.2) is 18.2 Å². The van der Waals surface area contributed by atoms with Crippen LogP contribution in [0.2, 0.25) is 5.02 Å². The number of carbonyl (C=O) groups is 2. The van der Waals surface area contributed by atoms with Gasteiger partial charge in [0.15, 0.2) is 0 Å². The lowest BCUT2D eigenvalue weighted by atomic mass is 10.2. The van der Waals surface area contributed by atoms with E-state index in [0.29, 0.717) is 16.4 Å². The fourth-order valence-corrected chi connectivity index (χ4v) is 1.80. The molecule has 0 aromatic heterocycles. The Hall–Kier alpha value is -1.59. The second-order valence-corrected chi connectivity index (χ2v) is 4.95. The van der Waals surface area contributed by atoms with Crippen LogP contribution in [0.25, 0.3) is 0 Å². The third-order valence-electron chi connectivity index (χ3n) is 2.83. The van der Waals surface area contributed by atoms with E-state index in [2.05, 4.69) is 10.6 Å². The molecule has 1 aliphatic rings. The van der Waals surface area contributed by atoms with Crippen molar-refractivity contribution >= 4 is 34.8 Å². The summed E-state index contributed by atoms with van der Waals surface area (Å²) in [4.78, 5) is 23.1. The van der Waals surface area contributed by atoms with Gasteiger partial charge in [0, 0.05) is 24.6 Å². The van der Waals surface area contributed by atoms with E-state index in [0.717, 1.165) is 12.8 Å². The molecular formula is C13H16ClN3O2. The molecule has 19 heavy (non-hydrogen) atoms. The van der Waals surface area contributed by atoms with Crippen molar-refractivity contribution in [3.8, 4) is 0 Å². The first-order chi connectivity index (χ1) is 9.10. The van der Waals surface area contributed by atoms with E-state index in [1.54, 1.807) is 18.2 Å². The zero-order valence-electron chi connectivity index (χ0n) is 10.4. The molecule has 0 atom stereocenters. The molecule has 1 aromatic rings. The van der Waals surface area contributed by atoms with Gasteiger partial charge in [-0.3, -0.25) is 9.59 Å². The predicted octanol–water partition coefficient (Wildman–Crippen LogP) is 1.98. The molecule has 2 rings (SSSR count). The number of halogens is 1. The summed E-state index contributed by atoms with van der Waals surface area (Å²) >= 11 is 5.99. The molecule has 6 heteroatoms. The smallest absolute Gasteiger partial charge is 0.227 e. The zero-order chi connectivity index (χ0) is 13.8. The van der Waals surface area contributed by atoms with Gasteiger partial charge in [-0.1, -0.05) is 11.6 Å². The lowest BCUT2D eigenvalue weighted by molar-refractivity contribution is -0.117. The number of amides is 2. The Morgan fingerprint density at radius 3 is 2.68 bits per heavy atom. The van der Waals surface area contributed by atoms with Crippen LogP contribution < -0.4 is 16.4 Å². The van der Waals surface area contributed by atoms with E-state index in [4.69, 9.17) is 17.3 Å². The van der Waals surface area contributed by atoms with Crippen molar-refractivity contribution in [2.75, 3.05) is 17.2 Å². The number of nitrogens with two attached hydrogens (primary N) is 1. The van der Waals surface area contributed by atoms with Gasteiger partial charge in [-0.2, -0.15) is 0 Å². The summed E-state index contributed by atoms with van der Waals surface area (Å²) in [5.41, 5.74) is 6.42. The topological polar surface area (TPSA) is 84.2 Å². The highest BCUT2D eigenvalue weighted by molar-refractivity contribution is 6.33. The number of anilines is 2. The summed E-state index contributed by atoms with van der Waals surface area (Å²) in [6.45, 7) is 0.279. The second kappa shape index (κ2) is 6.04.